The van der Waals surface area contributed by atoms with E-state index >= 15 is 0 Å². The summed E-state index contributed by atoms with van der Waals surface area (Å²) in [4.78, 5) is 6.53. The highest BCUT2D eigenvalue weighted by molar-refractivity contribution is 5.03. The molecule has 1 aromatic rings. The summed E-state index contributed by atoms with van der Waals surface area (Å²) in [5.41, 5.74) is 1.13. The lowest BCUT2D eigenvalue weighted by Crippen LogP contribution is -2.25. The monoisotopic (exact) mass is 164 g/mol. The van der Waals surface area contributed by atoms with E-state index in [1.54, 1.807) is 0 Å². The van der Waals surface area contributed by atoms with Gasteiger partial charge in [0.05, 0.1) is 5.69 Å². The van der Waals surface area contributed by atoms with Crippen LogP contribution in [0.15, 0.2) is 24.4 Å². The molecule has 0 aliphatic carbocycles. The van der Waals surface area contributed by atoms with Crippen LogP contribution < -0.4 is 0 Å². The molecular weight excluding hydrogens is 148 g/mol. The molecule has 0 aliphatic rings. The third kappa shape index (κ3) is 2.62. The van der Waals surface area contributed by atoms with Gasteiger partial charge in [0, 0.05) is 18.8 Å². The van der Waals surface area contributed by atoms with Crippen LogP contribution in [-0.4, -0.2) is 23.0 Å². The minimum absolute atomic E-state index is 0.576. The van der Waals surface area contributed by atoms with E-state index in [4.69, 9.17) is 0 Å². The van der Waals surface area contributed by atoms with Crippen LogP contribution in [0.5, 0.6) is 0 Å². The van der Waals surface area contributed by atoms with Crippen molar-refractivity contribution >= 4 is 0 Å². The van der Waals surface area contributed by atoms with Gasteiger partial charge in [-0.05, 0) is 33.0 Å². The van der Waals surface area contributed by atoms with Crippen LogP contribution in [0.4, 0.5) is 0 Å². The number of hydrogen-bond acceptors (Lipinski definition) is 2. The van der Waals surface area contributed by atoms with Crippen molar-refractivity contribution in [3.8, 4) is 0 Å². The van der Waals surface area contributed by atoms with E-state index in [0.717, 1.165) is 12.2 Å². The Kier molecular flexibility index (Phi) is 3.23. The average Bonchev–Trinajstić information content (AvgIpc) is 2.06. The zero-order valence-corrected chi connectivity index (χ0v) is 7.99. The summed E-state index contributed by atoms with van der Waals surface area (Å²) in [7, 11) is 2.11. The van der Waals surface area contributed by atoms with Gasteiger partial charge in [0.2, 0.25) is 0 Å². The second-order valence-corrected chi connectivity index (χ2v) is 3.33. The topological polar surface area (TPSA) is 16.1 Å². The minimum atomic E-state index is 0.576. The second kappa shape index (κ2) is 4.21. The smallest absolute Gasteiger partial charge is 0.0543 e. The second-order valence-electron chi connectivity index (χ2n) is 3.33. The van der Waals surface area contributed by atoms with Crippen molar-refractivity contribution < 1.29 is 0 Å². The average molecular weight is 164 g/mol. The van der Waals surface area contributed by atoms with Crippen LogP contribution in [0.2, 0.25) is 0 Å². The molecule has 0 bridgehead atoms. The molecule has 0 aromatic carbocycles. The van der Waals surface area contributed by atoms with Crippen molar-refractivity contribution in [1.82, 2.24) is 9.88 Å². The number of pyridine rings is 1. The maximum Gasteiger partial charge on any atom is 0.0543 e. The summed E-state index contributed by atoms with van der Waals surface area (Å²) in [5, 5.41) is 0. The Balaban J connectivity index is 2.53. The molecule has 12 heavy (non-hydrogen) atoms. The Bertz CT molecular complexity index is 219. The fraction of sp³-hybridized carbons (Fsp3) is 0.500. The molecule has 2 heteroatoms. The molecule has 0 unspecified atom stereocenters. The van der Waals surface area contributed by atoms with Crippen LogP contribution in [0.1, 0.15) is 19.5 Å². The maximum atomic E-state index is 4.26. The summed E-state index contributed by atoms with van der Waals surface area (Å²) in [6, 6.07) is 6.60. The fourth-order valence-corrected chi connectivity index (χ4v) is 0.930. The van der Waals surface area contributed by atoms with E-state index < -0.39 is 0 Å². The number of nitrogens with zero attached hydrogens (tertiary/aromatic N) is 2. The highest BCUT2D eigenvalue weighted by Crippen LogP contribution is 2.01. The molecule has 2 nitrogen and oxygen atoms in total. The minimum Gasteiger partial charge on any atom is -0.298 e. The quantitative estimate of drug-likeness (QED) is 0.678. The summed E-state index contributed by atoms with van der Waals surface area (Å²) >= 11 is 0. The zero-order valence-electron chi connectivity index (χ0n) is 7.99. The van der Waals surface area contributed by atoms with E-state index in [2.05, 4.69) is 36.8 Å². The molecule has 0 N–H and O–H groups in total. The molecule has 0 saturated carbocycles. The van der Waals surface area contributed by atoms with E-state index in [-0.39, 0.29) is 0 Å². The van der Waals surface area contributed by atoms with Crippen LogP contribution in [-0.2, 0) is 6.54 Å². The van der Waals surface area contributed by atoms with Gasteiger partial charge in [-0.15, -0.1) is 0 Å². The van der Waals surface area contributed by atoms with Gasteiger partial charge in [-0.3, -0.25) is 9.88 Å². The molecule has 1 aromatic heterocycles. The third-order valence-corrected chi connectivity index (χ3v) is 2.02. The van der Waals surface area contributed by atoms with E-state index in [1.165, 1.54) is 0 Å². The molecule has 1 heterocycles. The molecule has 0 saturated heterocycles. The standard InChI is InChI=1S/C10H16N2/c1-9(2)12(3)8-10-6-4-5-7-11-10/h4-7,9H,8H2,1-3H3. The van der Waals surface area contributed by atoms with Crippen LogP contribution in [0, 0.1) is 0 Å². The molecule has 0 aliphatic heterocycles. The summed E-state index contributed by atoms with van der Waals surface area (Å²) < 4.78 is 0. The van der Waals surface area contributed by atoms with Crippen molar-refractivity contribution in [3.05, 3.63) is 30.1 Å². The van der Waals surface area contributed by atoms with Crippen molar-refractivity contribution in [3.63, 3.8) is 0 Å². The lowest BCUT2D eigenvalue weighted by atomic mass is 10.3. The number of aromatic nitrogens is 1. The Hall–Kier alpha value is -0.890. The van der Waals surface area contributed by atoms with Crippen molar-refractivity contribution in [1.29, 1.82) is 0 Å². The van der Waals surface area contributed by atoms with Crippen LogP contribution >= 0.6 is 0 Å². The molecule has 0 radical (unpaired) electrons. The van der Waals surface area contributed by atoms with Gasteiger partial charge < -0.3 is 0 Å². The number of hydrogen-bond donors (Lipinski definition) is 0. The molecule has 66 valence electrons. The number of rotatable bonds is 3. The van der Waals surface area contributed by atoms with Gasteiger partial charge >= 0.3 is 0 Å². The maximum absolute atomic E-state index is 4.26. The van der Waals surface area contributed by atoms with Crippen molar-refractivity contribution in [2.45, 2.75) is 26.4 Å². The van der Waals surface area contributed by atoms with Gasteiger partial charge in [-0.2, -0.15) is 0 Å². The Morgan fingerprint density at radius 2 is 2.17 bits per heavy atom. The van der Waals surface area contributed by atoms with Crippen molar-refractivity contribution in [2.75, 3.05) is 7.05 Å². The van der Waals surface area contributed by atoms with Crippen LogP contribution in [0.3, 0.4) is 0 Å². The Morgan fingerprint density at radius 3 is 2.67 bits per heavy atom. The zero-order chi connectivity index (χ0) is 8.97. The largest absolute Gasteiger partial charge is 0.298 e. The predicted molar refractivity (Wildman–Crippen MR) is 50.8 cm³/mol. The SMILES string of the molecule is CC(C)N(C)Cc1ccccn1. The highest BCUT2D eigenvalue weighted by atomic mass is 15.1. The van der Waals surface area contributed by atoms with E-state index in [9.17, 15) is 0 Å². The predicted octanol–water partition coefficient (Wildman–Crippen LogP) is 1.92. The lowest BCUT2D eigenvalue weighted by Gasteiger charge is -2.20. The normalized spacial score (nSPS) is 11.1. The summed E-state index contributed by atoms with van der Waals surface area (Å²) in [6.07, 6.45) is 1.84. The Labute approximate surface area is 74.2 Å². The molecule has 0 amide bonds. The molecule has 0 atom stereocenters. The van der Waals surface area contributed by atoms with Gasteiger partial charge in [0.25, 0.3) is 0 Å². The molecule has 0 fully saturated rings. The van der Waals surface area contributed by atoms with E-state index in [0.29, 0.717) is 6.04 Å². The summed E-state index contributed by atoms with van der Waals surface area (Å²) in [5.74, 6) is 0. The van der Waals surface area contributed by atoms with Gasteiger partial charge in [0.1, 0.15) is 0 Å². The first-order valence-electron chi connectivity index (χ1n) is 4.30. The fourth-order valence-electron chi connectivity index (χ4n) is 0.930. The Morgan fingerprint density at radius 1 is 1.42 bits per heavy atom. The molecule has 0 spiro atoms. The van der Waals surface area contributed by atoms with E-state index in [1.807, 2.05) is 18.3 Å². The summed E-state index contributed by atoms with van der Waals surface area (Å²) in [6.45, 7) is 5.30. The first-order valence-corrected chi connectivity index (χ1v) is 4.30. The van der Waals surface area contributed by atoms with Crippen molar-refractivity contribution in [2.24, 2.45) is 0 Å². The first kappa shape index (κ1) is 9.20. The van der Waals surface area contributed by atoms with Gasteiger partial charge in [-0.1, -0.05) is 6.07 Å². The lowest BCUT2D eigenvalue weighted by molar-refractivity contribution is 0.263. The highest BCUT2D eigenvalue weighted by Gasteiger charge is 2.03. The first-order chi connectivity index (χ1) is 5.70. The van der Waals surface area contributed by atoms with Gasteiger partial charge in [0.15, 0.2) is 0 Å². The molecule has 1 rings (SSSR count). The third-order valence-electron chi connectivity index (χ3n) is 2.02. The van der Waals surface area contributed by atoms with Gasteiger partial charge in [-0.25, -0.2) is 0 Å². The van der Waals surface area contributed by atoms with Crippen LogP contribution in [0.25, 0.3) is 0 Å². The molecular formula is C10H16N2.